The van der Waals surface area contributed by atoms with Gasteiger partial charge >= 0.3 is 0 Å². The number of rotatable bonds is 8. The van der Waals surface area contributed by atoms with Crippen LogP contribution in [0.5, 0.6) is 5.75 Å². The van der Waals surface area contributed by atoms with Crippen molar-refractivity contribution in [2.75, 3.05) is 18.2 Å². The first-order valence-corrected chi connectivity index (χ1v) is 9.85. The molecule has 2 N–H and O–H groups in total. The summed E-state index contributed by atoms with van der Waals surface area (Å²) in [6.07, 6.45) is 1.81. The molecule has 7 heteroatoms. The Labute approximate surface area is 168 Å². The number of methoxy groups -OCH3 is 1. The zero-order chi connectivity index (χ0) is 19.9. The summed E-state index contributed by atoms with van der Waals surface area (Å²) in [4.78, 5) is 16.7. The lowest BCUT2D eigenvalue weighted by Gasteiger charge is -2.09. The lowest BCUT2D eigenvalue weighted by Crippen LogP contribution is -2.14. The third kappa shape index (κ3) is 5.37. The van der Waals surface area contributed by atoms with E-state index in [1.807, 2.05) is 66.2 Å². The van der Waals surface area contributed by atoms with Crippen LogP contribution in [0.4, 0.5) is 5.69 Å². The molecule has 1 heterocycles. The Morgan fingerprint density at radius 1 is 1.18 bits per heavy atom. The Hall–Kier alpha value is -2.77. The minimum absolute atomic E-state index is 0.0987. The normalized spacial score (nSPS) is 10.7. The number of hydrogen-bond donors (Lipinski definition) is 2. The minimum atomic E-state index is -0.140. The number of amides is 1. The van der Waals surface area contributed by atoms with E-state index >= 15 is 0 Å². The van der Waals surface area contributed by atoms with Crippen LogP contribution < -0.4 is 10.1 Å². The molecule has 0 radical (unpaired) electrons. The summed E-state index contributed by atoms with van der Waals surface area (Å²) in [6, 6.07) is 15.4. The van der Waals surface area contributed by atoms with Gasteiger partial charge in [-0.1, -0.05) is 41.6 Å². The van der Waals surface area contributed by atoms with Crippen molar-refractivity contribution in [3.05, 3.63) is 71.5 Å². The summed E-state index contributed by atoms with van der Waals surface area (Å²) in [5, 5.41) is 13.0. The van der Waals surface area contributed by atoms with E-state index in [0.29, 0.717) is 17.4 Å². The lowest BCUT2D eigenvalue weighted by molar-refractivity contribution is -0.113. The highest BCUT2D eigenvalue weighted by Gasteiger charge is 2.12. The summed E-state index contributed by atoms with van der Waals surface area (Å²) in [7, 11) is 1.63. The van der Waals surface area contributed by atoms with Crippen LogP contribution in [0.2, 0.25) is 0 Å². The highest BCUT2D eigenvalue weighted by molar-refractivity contribution is 7.99. The number of nitrogens with zero attached hydrogens (tertiary/aromatic N) is 2. The zero-order valence-electron chi connectivity index (χ0n) is 15.9. The molecule has 1 amide bonds. The quantitative estimate of drug-likeness (QED) is 0.569. The number of benzene rings is 2. The Bertz CT molecular complexity index is 921. The first kappa shape index (κ1) is 20.0. The summed E-state index contributed by atoms with van der Waals surface area (Å²) < 4.78 is 7.13. The molecule has 6 nitrogen and oxygen atoms in total. The second kappa shape index (κ2) is 9.43. The van der Waals surface area contributed by atoms with Crippen LogP contribution in [0.3, 0.4) is 0 Å². The number of aromatic nitrogens is 2. The van der Waals surface area contributed by atoms with Crippen molar-refractivity contribution in [1.29, 1.82) is 0 Å². The van der Waals surface area contributed by atoms with Gasteiger partial charge in [0.15, 0.2) is 5.16 Å². The van der Waals surface area contributed by atoms with Gasteiger partial charge in [0.2, 0.25) is 5.91 Å². The Morgan fingerprint density at radius 3 is 2.54 bits per heavy atom. The molecule has 0 aliphatic rings. The Balaban J connectivity index is 1.64. The van der Waals surface area contributed by atoms with Gasteiger partial charge in [-0.15, -0.1) is 0 Å². The summed E-state index contributed by atoms with van der Waals surface area (Å²) in [6.45, 7) is 2.46. The second-order valence-corrected chi connectivity index (χ2v) is 7.29. The number of carbonyl (C=O) groups is 1. The highest BCUT2D eigenvalue weighted by Crippen LogP contribution is 2.21. The van der Waals surface area contributed by atoms with Crippen LogP contribution in [0.1, 0.15) is 16.8 Å². The van der Waals surface area contributed by atoms with E-state index in [0.717, 1.165) is 22.6 Å². The van der Waals surface area contributed by atoms with Gasteiger partial charge in [-0.3, -0.25) is 4.79 Å². The average molecular weight is 398 g/mol. The van der Waals surface area contributed by atoms with E-state index in [2.05, 4.69) is 10.3 Å². The van der Waals surface area contributed by atoms with Crippen LogP contribution in [0.25, 0.3) is 0 Å². The van der Waals surface area contributed by atoms with Crippen LogP contribution in [-0.4, -0.2) is 33.4 Å². The molecule has 0 unspecified atom stereocenters. The van der Waals surface area contributed by atoms with Crippen molar-refractivity contribution < 1.29 is 14.6 Å². The van der Waals surface area contributed by atoms with Crippen molar-refractivity contribution in [3.63, 3.8) is 0 Å². The summed E-state index contributed by atoms with van der Waals surface area (Å²) in [5.74, 6) is 0.935. The van der Waals surface area contributed by atoms with Gasteiger partial charge in [0, 0.05) is 18.4 Å². The standard InChI is InChI=1S/C21H23N3O3S/c1-15-3-7-17(8-4-15)22-20(26)14-28-21-23-18(13-25)12-24(21)11-16-5-9-19(27-2)10-6-16/h3-10,12,25H,11,13-14H2,1-2H3,(H,22,26). The molecule has 0 fully saturated rings. The maximum absolute atomic E-state index is 12.3. The molecule has 146 valence electrons. The maximum Gasteiger partial charge on any atom is 0.234 e. The number of hydrogen-bond acceptors (Lipinski definition) is 5. The summed E-state index contributed by atoms with van der Waals surface area (Å²) >= 11 is 1.34. The third-order valence-corrected chi connectivity index (χ3v) is 5.12. The molecular formula is C21H23N3O3S. The van der Waals surface area contributed by atoms with Crippen molar-refractivity contribution >= 4 is 23.4 Å². The largest absolute Gasteiger partial charge is 0.497 e. The van der Waals surface area contributed by atoms with Gasteiger partial charge in [0.25, 0.3) is 0 Å². The molecule has 0 saturated heterocycles. The molecule has 0 bridgehead atoms. The average Bonchev–Trinajstić information content (AvgIpc) is 3.10. The number of imidazole rings is 1. The Morgan fingerprint density at radius 2 is 1.89 bits per heavy atom. The smallest absolute Gasteiger partial charge is 0.234 e. The Kier molecular flexibility index (Phi) is 6.73. The van der Waals surface area contributed by atoms with E-state index in [9.17, 15) is 9.90 Å². The van der Waals surface area contributed by atoms with E-state index in [1.165, 1.54) is 11.8 Å². The van der Waals surface area contributed by atoms with Crippen LogP contribution in [0, 0.1) is 6.92 Å². The zero-order valence-corrected chi connectivity index (χ0v) is 16.7. The van der Waals surface area contributed by atoms with Crippen LogP contribution in [-0.2, 0) is 17.9 Å². The third-order valence-electron chi connectivity index (χ3n) is 4.13. The van der Waals surface area contributed by atoms with Gasteiger partial charge < -0.3 is 19.7 Å². The van der Waals surface area contributed by atoms with Crippen LogP contribution in [0.15, 0.2) is 59.9 Å². The monoisotopic (exact) mass is 397 g/mol. The van der Waals surface area contributed by atoms with E-state index in [4.69, 9.17) is 4.74 Å². The molecule has 0 saturated carbocycles. The highest BCUT2D eigenvalue weighted by atomic mass is 32.2. The summed E-state index contributed by atoms with van der Waals surface area (Å²) in [5.41, 5.74) is 3.57. The molecule has 0 aliphatic heterocycles. The molecule has 2 aromatic carbocycles. The first-order valence-electron chi connectivity index (χ1n) is 8.86. The number of anilines is 1. The number of carbonyl (C=O) groups excluding carboxylic acids is 1. The minimum Gasteiger partial charge on any atom is -0.497 e. The van der Waals surface area contributed by atoms with Crippen molar-refractivity contribution in [2.24, 2.45) is 0 Å². The van der Waals surface area contributed by atoms with Gasteiger partial charge in [0.1, 0.15) is 5.75 Å². The first-order chi connectivity index (χ1) is 13.6. The van der Waals surface area contributed by atoms with Crippen molar-refractivity contribution in [2.45, 2.75) is 25.2 Å². The predicted molar refractivity (Wildman–Crippen MR) is 111 cm³/mol. The molecule has 28 heavy (non-hydrogen) atoms. The van der Waals surface area contributed by atoms with Gasteiger partial charge in [-0.2, -0.15) is 0 Å². The topological polar surface area (TPSA) is 76.4 Å². The molecular weight excluding hydrogens is 374 g/mol. The predicted octanol–water partition coefficient (Wildman–Crippen LogP) is 3.47. The van der Waals surface area contributed by atoms with Gasteiger partial charge in [-0.05, 0) is 36.8 Å². The van der Waals surface area contributed by atoms with E-state index in [-0.39, 0.29) is 18.3 Å². The number of aliphatic hydroxyl groups is 1. The SMILES string of the molecule is COc1ccc(Cn2cc(CO)nc2SCC(=O)Nc2ccc(C)cc2)cc1. The maximum atomic E-state index is 12.3. The fourth-order valence-corrected chi connectivity index (χ4v) is 3.44. The van der Waals surface area contributed by atoms with E-state index < -0.39 is 0 Å². The number of nitrogens with one attached hydrogen (secondary N) is 1. The number of thioether (sulfide) groups is 1. The molecule has 3 aromatic rings. The van der Waals surface area contributed by atoms with Crippen molar-refractivity contribution in [3.8, 4) is 5.75 Å². The number of aryl methyl sites for hydroxylation is 1. The molecule has 1 aromatic heterocycles. The van der Waals surface area contributed by atoms with Gasteiger partial charge in [-0.25, -0.2) is 4.98 Å². The van der Waals surface area contributed by atoms with Crippen LogP contribution >= 0.6 is 11.8 Å². The second-order valence-electron chi connectivity index (χ2n) is 6.35. The number of aliphatic hydroxyl groups excluding tert-OH is 1. The fraction of sp³-hybridized carbons (Fsp3) is 0.238. The molecule has 3 rings (SSSR count). The molecule has 0 spiro atoms. The van der Waals surface area contributed by atoms with Crippen molar-refractivity contribution in [1.82, 2.24) is 9.55 Å². The van der Waals surface area contributed by atoms with E-state index in [1.54, 1.807) is 7.11 Å². The molecule has 0 atom stereocenters. The number of ether oxygens (including phenoxy) is 1. The fourth-order valence-electron chi connectivity index (χ4n) is 2.65. The lowest BCUT2D eigenvalue weighted by atomic mass is 10.2. The van der Waals surface area contributed by atoms with Gasteiger partial charge in [0.05, 0.1) is 25.2 Å². The molecule has 0 aliphatic carbocycles.